The summed E-state index contributed by atoms with van der Waals surface area (Å²) in [7, 11) is 4.88. The van der Waals surface area contributed by atoms with Gasteiger partial charge in [0.05, 0.1) is 33.1 Å². The van der Waals surface area contributed by atoms with Crippen LogP contribution in [0.4, 0.5) is 0 Å². The molecular formula is C24H24N2O4. The highest BCUT2D eigenvalue weighted by Crippen LogP contribution is 2.42. The fraction of sp³-hybridized carbons (Fsp3) is 0.250. The summed E-state index contributed by atoms with van der Waals surface area (Å²) in [6, 6.07) is 17.5. The molecule has 1 amide bonds. The highest BCUT2D eigenvalue weighted by Gasteiger charge is 2.34. The molecule has 1 atom stereocenters. The smallest absolute Gasteiger partial charge is 0.240 e. The molecule has 0 unspecified atom stereocenters. The molecule has 0 bridgehead atoms. The first-order valence-electron chi connectivity index (χ1n) is 9.72. The van der Waals surface area contributed by atoms with E-state index in [1.807, 2.05) is 48.5 Å². The number of hydrogen-bond acceptors (Lipinski definition) is 5. The third-order valence-electron chi connectivity index (χ3n) is 5.43. The minimum Gasteiger partial charge on any atom is -0.497 e. The molecule has 1 heterocycles. The van der Waals surface area contributed by atoms with E-state index in [9.17, 15) is 4.79 Å². The summed E-state index contributed by atoms with van der Waals surface area (Å²) < 4.78 is 16.6. The zero-order valence-electron chi connectivity index (χ0n) is 17.5. The lowest BCUT2D eigenvalue weighted by Gasteiger charge is -2.23. The number of carbonyl (C=O) groups is 1. The van der Waals surface area contributed by atoms with Gasteiger partial charge in [0.1, 0.15) is 17.2 Å². The number of rotatable bonds is 5. The summed E-state index contributed by atoms with van der Waals surface area (Å²) in [4.78, 5) is 12.5. The first kappa shape index (κ1) is 19.8. The second-order valence-corrected chi connectivity index (χ2v) is 7.11. The zero-order valence-corrected chi connectivity index (χ0v) is 17.5. The molecule has 30 heavy (non-hydrogen) atoms. The van der Waals surface area contributed by atoms with Crippen LogP contribution in [0.2, 0.25) is 0 Å². The van der Waals surface area contributed by atoms with Crippen molar-refractivity contribution >= 4 is 22.4 Å². The fourth-order valence-corrected chi connectivity index (χ4v) is 3.99. The molecule has 0 saturated heterocycles. The van der Waals surface area contributed by atoms with E-state index in [-0.39, 0.29) is 11.9 Å². The Morgan fingerprint density at radius 3 is 2.50 bits per heavy atom. The summed E-state index contributed by atoms with van der Waals surface area (Å²) in [5.74, 6) is 1.99. The maximum Gasteiger partial charge on any atom is 0.240 e. The zero-order chi connectivity index (χ0) is 21.3. The monoisotopic (exact) mass is 404 g/mol. The fourth-order valence-electron chi connectivity index (χ4n) is 3.99. The van der Waals surface area contributed by atoms with Gasteiger partial charge in [0.2, 0.25) is 5.91 Å². The number of fused-ring (bicyclic) bond motifs is 1. The van der Waals surface area contributed by atoms with Crippen LogP contribution in [0, 0.1) is 0 Å². The van der Waals surface area contributed by atoms with Gasteiger partial charge >= 0.3 is 0 Å². The van der Waals surface area contributed by atoms with Crippen molar-refractivity contribution in [3.05, 3.63) is 65.7 Å². The summed E-state index contributed by atoms with van der Waals surface area (Å²) in [5.41, 5.74) is 2.55. The van der Waals surface area contributed by atoms with E-state index in [1.54, 1.807) is 21.3 Å². The van der Waals surface area contributed by atoms with Crippen LogP contribution in [0.3, 0.4) is 0 Å². The Morgan fingerprint density at radius 2 is 1.80 bits per heavy atom. The van der Waals surface area contributed by atoms with Gasteiger partial charge in [0.15, 0.2) is 0 Å². The molecule has 0 fully saturated rings. The second-order valence-electron chi connectivity index (χ2n) is 7.11. The lowest BCUT2D eigenvalue weighted by atomic mass is 9.94. The van der Waals surface area contributed by atoms with Gasteiger partial charge in [-0.05, 0) is 17.5 Å². The number of ether oxygens (including phenoxy) is 3. The predicted molar refractivity (Wildman–Crippen MR) is 116 cm³/mol. The molecule has 1 aliphatic heterocycles. The van der Waals surface area contributed by atoms with Crippen molar-refractivity contribution in [2.45, 2.75) is 19.4 Å². The molecule has 0 radical (unpaired) electrons. The Bertz CT molecular complexity index is 1140. The molecule has 6 heteroatoms. The molecule has 0 aromatic heterocycles. The number of amides is 1. The van der Waals surface area contributed by atoms with E-state index in [1.165, 1.54) is 11.9 Å². The maximum absolute atomic E-state index is 12.5. The molecule has 1 aliphatic rings. The lowest BCUT2D eigenvalue weighted by Crippen LogP contribution is -2.24. The van der Waals surface area contributed by atoms with Crippen molar-refractivity contribution in [2.24, 2.45) is 5.10 Å². The molecule has 3 aromatic rings. The molecule has 4 rings (SSSR count). The van der Waals surface area contributed by atoms with Gasteiger partial charge in [-0.1, -0.05) is 36.4 Å². The second kappa shape index (κ2) is 8.06. The van der Waals surface area contributed by atoms with Crippen LogP contribution < -0.4 is 14.2 Å². The average Bonchev–Trinajstić information content (AvgIpc) is 3.23. The Hall–Kier alpha value is -3.54. The van der Waals surface area contributed by atoms with Crippen LogP contribution in [0.25, 0.3) is 10.8 Å². The predicted octanol–water partition coefficient (Wildman–Crippen LogP) is 4.56. The minimum absolute atomic E-state index is 0.127. The van der Waals surface area contributed by atoms with E-state index >= 15 is 0 Å². The largest absolute Gasteiger partial charge is 0.497 e. The van der Waals surface area contributed by atoms with E-state index < -0.39 is 0 Å². The summed E-state index contributed by atoms with van der Waals surface area (Å²) in [5, 5.41) is 8.29. The number of hydrogen-bond donors (Lipinski definition) is 0. The third-order valence-corrected chi connectivity index (χ3v) is 5.43. The Kier molecular flexibility index (Phi) is 5.31. The molecule has 0 N–H and O–H groups in total. The number of nitrogens with zero attached hydrogens (tertiary/aromatic N) is 2. The van der Waals surface area contributed by atoms with Crippen molar-refractivity contribution in [3.8, 4) is 17.2 Å². The van der Waals surface area contributed by atoms with Gasteiger partial charge < -0.3 is 14.2 Å². The molecule has 0 saturated carbocycles. The number of benzene rings is 3. The van der Waals surface area contributed by atoms with Gasteiger partial charge in [-0.25, -0.2) is 5.01 Å². The highest BCUT2D eigenvalue weighted by atomic mass is 16.5. The van der Waals surface area contributed by atoms with Crippen LogP contribution >= 0.6 is 0 Å². The van der Waals surface area contributed by atoms with Crippen LogP contribution in [0.5, 0.6) is 17.2 Å². The molecule has 6 nitrogen and oxygen atoms in total. The van der Waals surface area contributed by atoms with Gasteiger partial charge in [0, 0.05) is 35.9 Å². The van der Waals surface area contributed by atoms with Gasteiger partial charge in [-0.15, -0.1) is 0 Å². The Labute approximate surface area is 175 Å². The quantitative estimate of drug-likeness (QED) is 0.625. The van der Waals surface area contributed by atoms with Crippen LogP contribution in [-0.2, 0) is 4.79 Å². The van der Waals surface area contributed by atoms with Crippen LogP contribution in [-0.4, -0.2) is 38.0 Å². The standard InChI is InChI=1S/C24H24N2O4/c1-15(27)26-22(20-11-9-16-7-5-6-8-18(16)24(20)30-4)14-21(25-26)19-12-10-17(28-2)13-23(19)29-3/h5-13,22H,14H2,1-4H3/t22-/m0/s1. The van der Waals surface area contributed by atoms with Gasteiger partial charge in [-0.3, -0.25) is 4.79 Å². The van der Waals surface area contributed by atoms with Crippen molar-refractivity contribution in [1.82, 2.24) is 5.01 Å². The Balaban J connectivity index is 1.79. The highest BCUT2D eigenvalue weighted by molar-refractivity contribution is 6.05. The molecule has 154 valence electrons. The first-order chi connectivity index (χ1) is 14.6. The van der Waals surface area contributed by atoms with Crippen LogP contribution in [0.15, 0.2) is 59.7 Å². The molecular weight excluding hydrogens is 380 g/mol. The summed E-state index contributed by atoms with van der Waals surface area (Å²) in [6.07, 6.45) is 0.553. The molecule has 0 spiro atoms. The normalized spacial score (nSPS) is 15.8. The third kappa shape index (κ3) is 3.34. The topological polar surface area (TPSA) is 60.4 Å². The van der Waals surface area contributed by atoms with Crippen molar-refractivity contribution in [3.63, 3.8) is 0 Å². The van der Waals surface area contributed by atoms with E-state index in [4.69, 9.17) is 14.2 Å². The summed E-state index contributed by atoms with van der Waals surface area (Å²) in [6.45, 7) is 1.53. The Morgan fingerprint density at radius 1 is 1.00 bits per heavy atom. The number of methoxy groups -OCH3 is 3. The van der Waals surface area contributed by atoms with Gasteiger partial charge in [-0.2, -0.15) is 5.10 Å². The van der Waals surface area contributed by atoms with Crippen LogP contribution in [0.1, 0.15) is 30.5 Å². The van der Waals surface area contributed by atoms with E-state index in [0.29, 0.717) is 17.9 Å². The molecule has 3 aromatic carbocycles. The van der Waals surface area contributed by atoms with Crippen molar-refractivity contribution in [2.75, 3.05) is 21.3 Å². The lowest BCUT2D eigenvalue weighted by molar-refractivity contribution is -0.130. The molecule has 0 aliphatic carbocycles. The minimum atomic E-state index is -0.260. The summed E-state index contributed by atoms with van der Waals surface area (Å²) >= 11 is 0. The first-order valence-corrected chi connectivity index (χ1v) is 9.72. The average molecular weight is 404 g/mol. The maximum atomic E-state index is 12.5. The van der Waals surface area contributed by atoms with E-state index in [0.717, 1.165) is 33.4 Å². The number of hydrazone groups is 1. The number of carbonyl (C=O) groups excluding carboxylic acids is 1. The van der Waals surface area contributed by atoms with Crippen molar-refractivity contribution < 1.29 is 19.0 Å². The van der Waals surface area contributed by atoms with Crippen molar-refractivity contribution in [1.29, 1.82) is 0 Å². The SMILES string of the molecule is COc1ccc(C2=NN(C(C)=O)[C@H](c3ccc4ccccc4c3OC)C2)c(OC)c1. The van der Waals surface area contributed by atoms with E-state index in [2.05, 4.69) is 11.2 Å². The van der Waals surface area contributed by atoms with Gasteiger partial charge in [0.25, 0.3) is 0 Å².